The van der Waals surface area contributed by atoms with Crippen LogP contribution >= 0.6 is 0 Å². The van der Waals surface area contributed by atoms with E-state index in [-0.39, 0.29) is 17.4 Å². The molecule has 0 heterocycles. The summed E-state index contributed by atoms with van der Waals surface area (Å²) in [7, 11) is 0. The highest BCUT2D eigenvalue weighted by molar-refractivity contribution is 6.00. The quantitative estimate of drug-likeness (QED) is 0.466. The maximum atomic E-state index is 12.5. The van der Waals surface area contributed by atoms with Crippen LogP contribution in [-0.4, -0.2) is 22.7 Å². The van der Waals surface area contributed by atoms with Crippen LogP contribution in [0, 0.1) is 15.5 Å². The minimum Gasteiger partial charge on any atom is -0.483 e. The third-order valence-electron chi connectivity index (χ3n) is 3.84. The summed E-state index contributed by atoms with van der Waals surface area (Å²) in [4.78, 5) is 34.6. The average molecular weight is 370 g/mol. The van der Waals surface area contributed by atoms with E-state index in [1.54, 1.807) is 31.2 Å². The lowest BCUT2D eigenvalue weighted by Gasteiger charge is -2.18. The first-order valence-electron chi connectivity index (χ1n) is 8.45. The predicted molar refractivity (Wildman–Crippen MR) is 102 cm³/mol. The molecule has 0 aliphatic carbocycles. The monoisotopic (exact) mass is 370 g/mol. The fourth-order valence-electron chi connectivity index (χ4n) is 2.18. The number of carbonyl (C=O) groups excluding carboxylic acids is 2. The van der Waals surface area contributed by atoms with Crippen molar-refractivity contribution in [2.75, 3.05) is 5.32 Å². The van der Waals surface area contributed by atoms with Crippen molar-refractivity contribution in [1.29, 1.82) is 0 Å². The fourth-order valence-corrected chi connectivity index (χ4v) is 2.18. The number of ketones is 1. The molecule has 0 bridgehead atoms. The molecule has 0 saturated heterocycles. The Bertz CT molecular complexity index is 836. The second kappa shape index (κ2) is 7.99. The van der Waals surface area contributed by atoms with E-state index in [0.717, 1.165) is 0 Å². The number of Topliss-reactive ketones (excluding diaryl/α,β-unsaturated/α-hetero) is 1. The number of hydrogen-bond donors (Lipinski definition) is 1. The molecule has 7 heteroatoms. The number of benzene rings is 2. The van der Waals surface area contributed by atoms with Gasteiger partial charge >= 0.3 is 0 Å². The molecule has 7 nitrogen and oxygen atoms in total. The summed E-state index contributed by atoms with van der Waals surface area (Å²) in [6, 6.07) is 12.1. The first kappa shape index (κ1) is 20.1. The molecule has 1 amide bonds. The predicted octanol–water partition coefficient (Wildman–Crippen LogP) is 4.23. The van der Waals surface area contributed by atoms with Crippen molar-refractivity contribution in [1.82, 2.24) is 0 Å². The summed E-state index contributed by atoms with van der Waals surface area (Å²) in [6.45, 7) is 7.06. The summed E-state index contributed by atoms with van der Waals surface area (Å²) < 4.78 is 5.56. The van der Waals surface area contributed by atoms with E-state index in [2.05, 4.69) is 5.32 Å². The van der Waals surface area contributed by atoms with E-state index in [4.69, 9.17) is 4.74 Å². The van der Waals surface area contributed by atoms with Crippen molar-refractivity contribution in [2.45, 2.75) is 33.8 Å². The Hall–Kier alpha value is -3.22. The number of anilines is 1. The van der Waals surface area contributed by atoms with E-state index < -0.39 is 16.4 Å². The van der Waals surface area contributed by atoms with Gasteiger partial charge in [-0.15, -0.1) is 0 Å². The van der Waals surface area contributed by atoms with E-state index in [0.29, 0.717) is 17.0 Å². The lowest BCUT2D eigenvalue weighted by atomic mass is 9.95. The molecule has 2 rings (SSSR count). The smallest absolute Gasteiger partial charge is 0.269 e. The van der Waals surface area contributed by atoms with Crippen LogP contribution in [0.1, 0.15) is 38.1 Å². The Kier molecular flexibility index (Phi) is 5.95. The molecule has 142 valence electrons. The van der Waals surface area contributed by atoms with Gasteiger partial charge < -0.3 is 10.1 Å². The van der Waals surface area contributed by atoms with E-state index >= 15 is 0 Å². The number of nitro groups is 1. The highest BCUT2D eigenvalue weighted by Gasteiger charge is 2.22. The zero-order chi connectivity index (χ0) is 20.2. The number of nitrogens with one attached hydrogen (secondary N) is 1. The molecule has 0 spiro atoms. The van der Waals surface area contributed by atoms with Gasteiger partial charge in [-0.2, -0.15) is 0 Å². The van der Waals surface area contributed by atoms with Crippen LogP contribution in [0.4, 0.5) is 11.4 Å². The van der Waals surface area contributed by atoms with Gasteiger partial charge in [0.2, 0.25) is 11.7 Å². The Morgan fingerprint density at radius 3 is 2.07 bits per heavy atom. The maximum absolute atomic E-state index is 12.5. The molecule has 0 aromatic heterocycles. The lowest BCUT2D eigenvalue weighted by Crippen LogP contribution is -2.27. The molecule has 2 aromatic rings. The standard InChI is InChI=1S/C20H22N2O5/c1-13(27-17-11-9-16(10-12-17)22(25)26)18(23)14-5-7-15(8-6-14)21-19(24)20(2,3)4/h5-13H,1-4H3,(H,21,24)/t13-/m0/s1. The average Bonchev–Trinajstić information content (AvgIpc) is 2.61. The van der Waals surface area contributed by atoms with Crippen LogP contribution in [-0.2, 0) is 4.79 Å². The SMILES string of the molecule is C[C@H](Oc1ccc([N+](=O)[O-])cc1)C(=O)c1ccc(NC(=O)C(C)(C)C)cc1. The molecular weight excluding hydrogens is 348 g/mol. The minimum atomic E-state index is -0.763. The minimum absolute atomic E-state index is 0.0470. The molecule has 1 N–H and O–H groups in total. The first-order valence-corrected chi connectivity index (χ1v) is 8.45. The van der Waals surface area contributed by atoms with Crippen molar-refractivity contribution in [3.63, 3.8) is 0 Å². The molecule has 2 aromatic carbocycles. The zero-order valence-corrected chi connectivity index (χ0v) is 15.7. The summed E-state index contributed by atoms with van der Waals surface area (Å²) in [6.07, 6.45) is -0.763. The number of carbonyl (C=O) groups is 2. The summed E-state index contributed by atoms with van der Waals surface area (Å²) in [5.41, 5.74) is 0.490. The summed E-state index contributed by atoms with van der Waals surface area (Å²) in [5, 5.41) is 13.5. The number of hydrogen-bond acceptors (Lipinski definition) is 5. The van der Waals surface area contributed by atoms with Crippen LogP contribution in [0.15, 0.2) is 48.5 Å². The molecule has 0 fully saturated rings. The summed E-state index contributed by atoms with van der Waals surface area (Å²) >= 11 is 0. The number of ether oxygens (including phenoxy) is 1. The van der Waals surface area contributed by atoms with Crippen LogP contribution in [0.25, 0.3) is 0 Å². The Morgan fingerprint density at radius 1 is 1.04 bits per heavy atom. The van der Waals surface area contributed by atoms with Crippen LogP contribution < -0.4 is 10.1 Å². The molecule has 0 unspecified atom stereocenters. The highest BCUT2D eigenvalue weighted by Crippen LogP contribution is 2.21. The van der Waals surface area contributed by atoms with Gasteiger partial charge in [-0.05, 0) is 43.3 Å². The van der Waals surface area contributed by atoms with Gasteiger partial charge in [-0.25, -0.2) is 0 Å². The van der Waals surface area contributed by atoms with Gasteiger partial charge in [-0.1, -0.05) is 20.8 Å². The number of nitro benzene ring substituents is 1. The zero-order valence-electron chi connectivity index (χ0n) is 15.7. The molecule has 0 aliphatic heterocycles. The third kappa shape index (κ3) is 5.37. The van der Waals surface area contributed by atoms with E-state index in [1.807, 2.05) is 20.8 Å². The third-order valence-corrected chi connectivity index (χ3v) is 3.84. The normalized spacial score (nSPS) is 12.1. The Balaban J connectivity index is 2.02. The molecule has 0 radical (unpaired) electrons. The molecule has 27 heavy (non-hydrogen) atoms. The lowest BCUT2D eigenvalue weighted by molar-refractivity contribution is -0.384. The van der Waals surface area contributed by atoms with Crippen molar-refractivity contribution in [3.05, 3.63) is 64.2 Å². The second-order valence-corrected chi connectivity index (χ2v) is 7.16. The molecular formula is C20H22N2O5. The van der Waals surface area contributed by atoms with Crippen molar-refractivity contribution >= 4 is 23.1 Å². The van der Waals surface area contributed by atoms with Gasteiger partial charge in [0.05, 0.1) is 4.92 Å². The van der Waals surface area contributed by atoms with Crippen LogP contribution in [0.3, 0.4) is 0 Å². The van der Waals surface area contributed by atoms with Crippen molar-refractivity contribution in [2.24, 2.45) is 5.41 Å². The van der Waals surface area contributed by atoms with Crippen LogP contribution in [0.5, 0.6) is 5.75 Å². The van der Waals surface area contributed by atoms with Gasteiger partial charge in [0.25, 0.3) is 5.69 Å². The van der Waals surface area contributed by atoms with Gasteiger partial charge in [-0.3, -0.25) is 19.7 Å². The van der Waals surface area contributed by atoms with E-state index in [9.17, 15) is 19.7 Å². The first-order chi connectivity index (χ1) is 12.6. The van der Waals surface area contributed by atoms with Crippen molar-refractivity contribution < 1.29 is 19.2 Å². The highest BCUT2D eigenvalue weighted by atomic mass is 16.6. The van der Waals surface area contributed by atoms with E-state index in [1.165, 1.54) is 24.3 Å². The number of non-ortho nitro benzene ring substituents is 1. The summed E-state index contributed by atoms with van der Waals surface area (Å²) in [5.74, 6) is 0.0222. The Morgan fingerprint density at radius 2 is 1.59 bits per heavy atom. The van der Waals surface area contributed by atoms with Gasteiger partial charge in [0.15, 0.2) is 6.10 Å². The fraction of sp³-hybridized carbons (Fsp3) is 0.300. The molecule has 1 atom stereocenters. The number of nitrogens with zero attached hydrogens (tertiary/aromatic N) is 1. The van der Waals surface area contributed by atoms with Crippen LogP contribution in [0.2, 0.25) is 0 Å². The topological polar surface area (TPSA) is 98.5 Å². The van der Waals surface area contributed by atoms with Gasteiger partial charge in [0.1, 0.15) is 5.75 Å². The number of rotatable bonds is 6. The molecule has 0 aliphatic rings. The second-order valence-electron chi connectivity index (χ2n) is 7.16. The largest absolute Gasteiger partial charge is 0.483 e. The van der Waals surface area contributed by atoms with Crippen molar-refractivity contribution in [3.8, 4) is 5.75 Å². The maximum Gasteiger partial charge on any atom is 0.269 e. The molecule has 0 saturated carbocycles. The number of amides is 1. The Labute approximate surface area is 157 Å². The van der Waals surface area contributed by atoms with Gasteiger partial charge in [0, 0.05) is 28.8 Å².